The number of nitrogens with one attached hydrogen (secondary N) is 3. The Morgan fingerprint density at radius 1 is 0.761 bits per heavy atom. The monoisotopic (exact) mass is 628 g/mol. The van der Waals surface area contributed by atoms with Gasteiger partial charge in [0.1, 0.15) is 24.4 Å². The van der Waals surface area contributed by atoms with Crippen LogP contribution in [0.25, 0.3) is 0 Å². The molecule has 246 valence electrons. The number of ether oxygens (including phenoxy) is 1. The van der Waals surface area contributed by atoms with Crippen molar-refractivity contribution in [3.05, 3.63) is 102 Å². The van der Waals surface area contributed by atoms with Gasteiger partial charge in [-0.3, -0.25) is 9.59 Å². The van der Waals surface area contributed by atoms with Gasteiger partial charge in [-0.25, -0.2) is 4.79 Å². The van der Waals surface area contributed by atoms with Crippen LogP contribution in [0.2, 0.25) is 0 Å². The molecule has 9 nitrogen and oxygen atoms in total. The van der Waals surface area contributed by atoms with Crippen molar-refractivity contribution in [1.29, 1.82) is 0 Å². The van der Waals surface area contributed by atoms with Gasteiger partial charge in [-0.15, -0.1) is 0 Å². The van der Waals surface area contributed by atoms with Crippen LogP contribution in [0.4, 0.5) is 4.79 Å². The highest BCUT2D eigenvalue weighted by Crippen LogP contribution is 2.17. The summed E-state index contributed by atoms with van der Waals surface area (Å²) in [6, 6.07) is 24.4. The second-order valence-electron chi connectivity index (χ2n) is 12.4. The van der Waals surface area contributed by atoms with Crippen molar-refractivity contribution in [2.75, 3.05) is 19.6 Å². The molecule has 0 bridgehead atoms. The van der Waals surface area contributed by atoms with E-state index in [4.69, 9.17) is 4.74 Å². The SMILES string of the molecule is CC(C)CC(NC(=O)N1CCCCCC1)C(=O)NC(Cc1ccc(OCc2ccccc2)cc1)C(=O)NCC(O)c1ccccc1. The minimum atomic E-state index is -0.934. The van der Waals surface area contributed by atoms with Gasteiger partial charge < -0.3 is 30.7 Å². The van der Waals surface area contributed by atoms with Gasteiger partial charge >= 0.3 is 6.03 Å². The fraction of sp³-hybridized carbons (Fsp3) is 0.432. The topological polar surface area (TPSA) is 120 Å². The highest BCUT2D eigenvalue weighted by molar-refractivity contribution is 5.92. The van der Waals surface area contributed by atoms with Crippen molar-refractivity contribution in [3.8, 4) is 5.75 Å². The van der Waals surface area contributed by atoms with E-state index in [9.17, 15) is 19.5 Å². The third-order valence-corrected chi connectivity index (χ3v) is 8.11. The molecule has 1 heterocycles. The molecule has 4 rings (SSSR count). The van der Waals surface area contributed by atoms with Crippen LogP contribution in [-0.4, -0.2) is 59.6 Å². The van der Waals surface area contributed by atoms with Gasteiger partial charge in [0.05, 0.1) is 6.10 Å². The Labute approximate surface area is 272 Å². The minimum absolute atomic E-state index is 0.0113. The Bertz CT molecular complexity index is 1360. The van der Waals surface area contributed by atoms with E-state index in [1.165, 1.54) is 0 Å². The molecule has 1 fully saturated rings. The maximum Gasteiger partial charge on any atom is 0.318 e. The van der Waals surface area contributed by atoms with Crippen molar-refractivity contribution in [3.63, 3.8) is 0 Å². The first-order valence-electron chi connectivity index (χ1n) is 16.4. The summed E-state index contributed by atoms with van der Waals surface area (Å²) in [4.78, 5) is 42.2. The summed E-state index contributed by atoms with van der Waals surface area (Å²) in [6.45, 7) is 5.75. The summed E-state index contributed by atoms with van der Waals surface area (Å²) in [6.07, 6.45) is 3.82. The molecule has 0 aromatic heterocycles. The van der Waals surface area contributed by atoms with Crippen molar-refractivity contribution in [2.45, 2.75) is 77.2 Å². The van der Waals surface area contributed by atoms with Crippen LogP contribution in [0.3, 0.4) is 0 Å². The number of amides is 4. The molecule has 0 spiro atoms. The second-order valence-corrected chi connectivity index (χ2v) is 12.4. The van der Waals surface area contributed by atoms with E-state index in [1.807, 2.05) is 86.6 Å². The van der Waals surface area contributed by atoms with Crippen molar-refractivity contribution in [1.82, 2.24) is 20.9 Å². The van der Waals surface area contributed by atoms with E-state index in [1.54, 1.807) is 17.0 Å². The summed E-state index contributed by atoms with van der Waals surface area (Å²) < 4.78 is 5.91. The zero-order chi connectivity index (χ0) is 32.7. The number of rotatable bonds is 14. The summed E-state index contributed by atoms with van der Waals surface area (Å²) in [5, 5.41) is 19.3. The molecule has 1 saturated heterocycles. The van der Waals surface area contributed by atoms with Gasteiger partial charge in [-0.1, -0.05) is 99.5 Å². The number of aliphatic hydroxyl groups excluding tert-OH is 1. The quantitative estimate of drug-likeness (QED) is 0.197. The average molecular weight is 629 g/mol. The molecule has 1 aliphatic heterocycles. The Hall–Kier alpha value is -4.37. The van der Waals surface area contributed by atoms with E-state index < -0.39 is 30.0 Å². The van der Waals surface area contributed by atoms with Crippen molar-refractivity contribution in [2.24, 2.45) is 5.92 Å². The maximum absolute atomic E-state index is 13.7. The zero-order valence-electron chi connectivity index (χ0n) is 27.0. The normalized spacial score (nSPS) is 15.3. The molecule has 3 aromatic rings. The number of carbonyl (C=O) groups is 3. The van der Waals surface area contributed by atoms with Gasteiger partial charge in [-0.2, -0.15) is 0 Å². The Morgan fingerprint density at radius 2 is 1.39 bits per heavy atom. The van der Waals surface area contributed by atoms with Crippen LogP contribution >= 0.6 is 0 Å². The predicted octanol–water partition coefficient (Wildman–Crippen LogP) is 5.14. The first kappa shape index (κ1) is 34.5. The highest BCUT2D eigenvalue weighted by Gasteiger charge is 2.29. The fourth-order valence-corrected chi connectivity index (χ4v) is 5.51. The molecule has 9 heteroatoms. The van der Waals surface area contributed by atoms with Gasteiger partial charge in [0.2, 0.25) is 11.8 Å². The molecule has 4 N–H and O–H groups in total. The molecule has 0 aliphatic carbocycles. The lowest BCUT2D eigenvalue weighted by Gasteiger charge is -2.27. The molecule has 0 radical (unpaired) electrons. The smallest absolute Gasteiger partial charge is 0.318 e. The van der Waals surface area contributed by atoms with Crippen LogP contribution in [0, 0.1) is 5.92 Å². The number of aliphatic hydroxyl groups is 1. The third-order valence-electron chi connectivity index (χ3n) is 8.11. The number of likely N-dealkylation sites (tertiary alicyclic amines) is 1. The number of carbonyl (C=O) groups excluding carboxylic acids is 3. The van der Waals surface area contributed by atoms with Gasteiger partial charge in [-0.05, 0) is 54.0 Å². The van der Waals surface area contributed by atoms with Crippen LogP contribution in [0.15, 0.2) is 84.9 Å². The first-order valence-corrected chi connectivity index (χ1v) is 16.4. The van der Waals surface area contributed by atoms with E-state index in [-0.39, 0.29) is 24.9 Å². The molecule has 4 amide bonds. The van der Waals surface area contributed by atoms with Crippen LogP contribution < -0.4 is 20.7 Å². The number of hydrogen-bond acceptors (Lipinski definition) is 5. The van der Waals surface area contributed by atoms with Gasteiger partial charge in [0, 0.05) is 26.1 Å². The molecule has 1 aliphatic rings. The Balaban J connectivity index is 1.45. The second kappa shape index (κ2) is 17.9. The fourth-order valence-electron chi connectivity index (χ4n) is 5.51. The molecule has 0 saturated carbocycles. The molecule has 3 aromatic carbocycles. The Morgan fingerprint density at radius 3 is 2.02 bits per heavy atom. The van der Waals surface area contributed by atoms with Gasteiger partial charge in [0.25, 0.3) is 0 Å². The zero-order valence-corrected chi connectivity index (χ0v) is 27.0. The predicted molar refractivity (Wildman–Crippen MR) is 179 cm³/mol. The molecule has 3 unspecified atom stereocenters. The number of hydrogen-bond donors (Lipinski definition) is 4. The summed E-state index contributed by atoms with van der Waals surface area (Å²) >= 11 is 0. The molecule has 46 heavy (non-hydrogen) atoms. The van der Waals surface area contributed by atoms with Gasteiger partial charge in [0.15, 0.2) is 0 Å². The summed E-state index contributed by atoms with van der Waals surface area (Å²) in [5.41, 5.74) is 2.57. The lowest BCUT2D eigenvalue weighted by atomic mass is 10.0. The van der Waals surface area contributed by atoms with Crippen LogP contribution in [-0.2, 0) is 22.6 Å². The van der Waals surface area contributed by atoms with E-state index in [0.717, 1.165) is 36.8 Å². The van der Waals surface area contributed by atoms with Crippen molar-refractivity contribution < 1.29 is 24.2 Å². The average Bonchev–Trinajstić information content (AvgIpc) is 3.37. The van der Waals surface area contributed by atoms with Crippen LogP contribution in [0.5, 0.6) is 5.75 Å². The lowest BCUT2D eigenvalue weighted by Crippen LogP contribution is -2.56. The van der Waals surface area contributed by atoms with E-state index in [0.29, 0.717) is 37.4 Å². The Kier molecular flexibility index (Phi) is 13.5. The standard InChI is InChI=1S/C37H48N4O5/c1-27(2)23-32(40-37(45)41-21-11-3-4-12-22-41)36(44)39-33(35(43)38-25-34(42)30-15-9-6-10-16-30)24-28-17-19-31(20-18-28)46-26-29-13-7-5-8-14-29/h5-10,13-20,27,32-34,42H,3-4,11-12,21-26H2,1-2H3,(H,38,43)(H,39,44)(H,40,45). The minimum Gasteiger partial charge on any atom is -0.489 e. The number of urea groups is 1. The lowest BCUT2D eigenvalue weighted by molar-refractivity contribution is -0.130. The first-order chi connectivity index (χ1) is 22.3. The molecular formula is C37H48N4O5. The maximum atomic E-state index is 13.7. The highest BCUT2D eigenvalue weighted by atomic mass is 16.5. The molecule has 3 atom stereocenters. The largest absolute Gasteiger partial charge is 0.489 e. The third kappa shape index (κ3) is 11.2. The number of nitrogens with zero attached hydrogens (tertiary/aromatic N) is 1. The van der Waals surface area contributed by atoms with E-state index in [2.05, 4.69) is 16.0 Å². The van der Waals surface area contributed by atoms with Crippen LogP contribution in [0.1, 0.15) is 68.7 Å². The summed E-state index contributed by atoms with van der Waals surface area (Å²) in [5.74, 6) is -0.00734. The molecular weight excluding hydrogens is 580 g/mol. The summed E-state index contributed by atoms with van der Waals surface area (Å²) in [7, 11) is 0. The van der Waals surface area contributed by atoms with E-state index >= 15 is 0 Å². The number of benzene rings is 3. The van der Waals surface area contributed by atoms with Crippen molar-refractivity contribution >= 4 is 17.8 Å².